The SMILES string of the molecule is C=C(C)NC.C=Cc1cc(C2CCC(CCC)CC2)ccc1OC(=O)C1CCC(C(=O)Oc2ccc(OCCOCCO)cc2)CC1.CC.Cc1ccccc1C. The third kappa shape index (κ3) is 18.2. The highest BCUT2D eigenvalue weighted by molar-refractivity contribution is 5.78. The Morgan fingerprint density at radius 2 is 1.33 bits per heavy atom. The van der Waals surface area contributed by atoms with Crippen LogP contribution in [0.2, 0.25) is 0 Å². The van der Waals surface area contributed by atoms with Gasteiger partial charge in [0.15, 0.2) is 0 Å². The van der Waals surface area contributed by atoms with E-state index >= 15 is 0 Å². The van der Waals surface area contributed by atoms with Gasteiger partial charge in [0.25, 0.3) is 0 Å². The first kappa shape index (κ1) is 48.7. The minimum Gasteiger partial charge on any atom is -0.491 e. The Morgan fingerprint density at radius 3 is 1.82 bits per heavy atom. The number of nitrogens with one attached hydrogen (secondary N) is 1. The molecule has 0 aliphatic heterocycles. The van der Waals surface area contributed by atoms with Crippen LogP contribution in [0, 0.1) is 31.6 Å². The summed E-state index contributed by atoms with van der Waals surface area (Å²) in [6.07, 6.45) is 11.7. The predicted molar refractivity (Wildman–Crippen MR) is 234 cm³/mol. The standard InChI is InChI=1S/C35H46O7.C8H10.C4H9N.C2H6/c1-3-5-25-6-8-27(9-7-25)30-14-19-33(26(4-2)24-30)42-35(38)29-12-10-28(11-13-29)34(37)41-32-17-15-31(16-18-32)40-23-22-39-21-20-36;1-7-5-3-4-6-8(7)2;1-4(2)5-3;1-2/h4,14-19,24-25,27-29,36H,2-3,5-13,20-23H2,1H3;3-6H,1-2H3;5H,1H2,2-3H3;1-2H3. The van der Waals surface area contributed by atoms with E-state index in [0.29, 0.717) is 62.1 Å². The van der Waals surface area contributed by atoms with Crippen LogP contribution >= 0.6 is 0 Å². The largest absolute Gasteiger partial charge is 0.491 e. The van der Waals surface area contributed by atoms with Crippen LogP contribution < -0.4 is 19.5 Å². The molecule has 0 heterocycles. The predicted octanol–water partition coefficient (Wildman–Crippen LogP) is 11.2. The van der Waals surface area contributed by atoms with Crippen LogP contribution in [0.4, 0.5) is 0 Å². The summed E-state index contributed by atoms with van der Waals surface area (Å²) in [5.41, 5.74) is 5.91. The maximum atomic E-state index is 13.0. The fourth-order valence-electron chi connectivity index (χ4n) is 6.87. The molecule has 3 aromatic carbocycles. The van der Waals surface area contributed by atoms with Crippen LogP contribution in [0.3, 0.4) is 0 Å². The molecule has 8 nitrogen and oxygen atoms in total. The molecule has 3 aromatic rings. The molecule has 0 aromatic heterocycles. The molecule has 2 fully saturated rings. The van der Waals surface area contributed by atoms with Gasteiger partial charge in [-0.3, -0.25) is 9.59 Å². The normalized spacial score (nSPS) is 18.4. The van der Waals surface area contributed by atoms with Crippen molar-refractivity contribution in [1.29, 1.82) is 0 Å². The molecule has 0 unspecified atom stereocenters. The van der Waals surface area contributed by atoms with Crippen molar-refractivity contribution < 1.29 is 33.6 Å². The van der Waals surface area contributed by atoms with Gasteiger partial charge in [-0.25, -0.2) is 0 Å². The van der Waals surface area contributed by atoms with Gasteiger partial charge < -0.3 is 29.4 Å². The van der Waals surface area contributed by atoms with E-state index in [1.807, 2.05) is 33.9 Å². The van der Waals surface area contributed by atoms with E-state index < -0.39 is 0 Å². The number of esters is 2. The fraction of sp³-hybridized carbons (Fsp3) is 0.510. The quantitative estimate of drug-likeness (QED) is 0.0892. The maximum Gasteiger partial charge on any atom is 0.314 e. The number of rotatable bonds is 15. The van der Waals surface area contributed by atoms with Crippen molar-refractivity contribution in [2.45, 2.75) is 112 Å². The summed E-state index contributed by atoms with van der Waals surface area (Å²) in [4.78, 5) is 25.8. The topological polar surface area (TPSA) is 103 Å². The number of allylic oxidation sites excluding steroid dienone is 1. The summed E-state index contributed by atoms with van der Waals surface area (Å²) < 4.78 is 22.2. The lowest BCUT2D eigenvalue weighted by molar-refractivity contribution is -0.145. The first-order chi connectivity index (χ1) is 27.6. The zero-order chi connectivity index (χ0) is 42.0. The van der Waals surface area contributed by atoms with Gasteiger partial charge in [0.2, 0.25) is 0 Å². The molecule has 0 atom stereocenters. The van der Waals surface area contributed by atoms with Crippen LogP contribution in [0.15, 0.2) is 85.6 Å². The van der Waals surface area contributed by atoms with Crippen molar-refractivity contribution in [2.24, 2.45) is 17.8 Å². The Morgan fingerprint density at radius 1 is 0.789 bits per heavy atom. The van der Waals surface area contributed by atoms with E-state index in [9.17, 15) is 9.59 Å². The van der Waals surface area contributed by atoms with E-state index in [4.69, 9.17) is 24.1 Å². The Hall–Kier alpha value is -4.40. The summed E-state index contributed by atoms with van der Waals surface area (Å²) in [5.74, 6) is 2.09. The monoisotopic (exact) mass is 786 g/mol. The number of aliphatic hydroxyl groups is 1. The van der Waals surface area contributed by atoms with Crippen LogP contribution in [0.25, 0.3) is 6.08 Å². The molecule has 0 radical (unpaired) electrons. The molecule has 57 heavy (non-hydrogen) atoms. The molecular formula is C49H71NO7. The molecule has 2 aliphatic rings. The van der Waals surface area contributed by atoms with Crippen molar-refractivity contribution in [2.75, 3.05) is 33.5 Å². The Bertz CT molecular complexity index is 1580. The van der Waals surface area contributed by atoms with Crippen LogP contribution in [0.1, 0.15) is 120 Å². The number of ether oxygens (including phenoxy) is 4. The highest BCUT2D eigenvalue weighted by Gasteiger charge is 2.32. The summed E-state index contributed by atoms with van der Waals surface area (Å²) in [6.45, 7) is 21.0. The van der Waals surface area contributed by atoms with Gasteiger partial charge in [-0.1, -0.05) is 83.2 Å². The molecular weight excluding hydrogens is 715 g/mol. The Labute approximate surface area is 344 Å². The van der Waals surface area contributed by atoms with E-state index in [1.165, 1.54) is 55.2 Å². The van der Waals surface area contributed by atoms with Crippen LogP contribution in [-0.2, 0) is 14.3 Å². The van der Waals surface area contributed by atoms with Crippen molar-refractivity contribution >= 4 is 18.0 Å². The van der Waals surface area contributed by atoms with Gasteiger partial charge in [-0.15, -0.1) is 0 Å². The molecule has 2 N–H and O–H groups in total. The second kappa shape index (κ2) is 28.1. The minimum atomic E-state index is -0.277. The number of carbonyl (C=O) groups is 2. The fourth-order valence-corrected chi connectivity index (χ4v) is 6.87. The maximum absolute atomic E-state index is 13.0. The van der Waals surface area contributed by atoms with Crippen LogP contribution in [-0.4, -0.2) is 50.5 Å². The van der Waals surface area contributed by atoms with Crippen molar-refractivity contribution in [1.82, 2.24) is 5.32 Å². The van der Waals surface area contributed by atoms with Crippen molar-refractivity contribution in [3.8, 4) is 17.2 Å². The number of carbonyl (C=O) groups excluding carboxylic acids is 2. The molecule has 0 spiro atoms. The molecule has 8 heteroatoms. The van der Waals surface area contributed by atoms with Crippen LogP contribution in [0.5, 0.6) is 17.2 Å². The highest BCUT2D eigenvalue weighted by Crippen LogP contribution is 2.39. The van der Waals surface area contributed by atoms with E-state index in [1.54, 1.807) is 30.3 Å². The number of aliphatic hydroxyl groups excluding tert-OH is 1. The third-order valence-corrected chi connectivity index (χ3v) is 10.5. The Kier molecular flexibility index (Phi) is 24.0. The molecule has 0 amide bonds. The number of hydrogen-bond acceptors (Lipinski definition) is 8. The third-order valence-electron chi connectivity index (χ3n) is 10.5. The molecule has 0 bridgehead atoms. The van der Waals surface area contributed by atoms with Gasteiger partial charge in [0.05, 0.1) is 31.7 Å². The van der Waals surface area contributed by atoms with Gasteiger partial charge in [0, 0.05) is 12.6 Å². The number of benzene rings is 3. The lowest BCUT2D eigenvalue weighted by Crippen LogP contribution is -2.30. The first-order valence-corrected chi connectivity index (χ1v) is 21.0. The lowest BCUT2D eigenvalue weighted by Gasteiger charge is -2.29. The molecule has 314 valence electrons. The highest BCUT2D eigenvalue weighted by atomic mass is 16.5. The lowest BCUT2D eigenvalue weighted by atomic mass is 9.77. The molecule has 2 aliphatic carbocycles. The van der Waals surface area contributed by atoms with Gasteiger partial charge in [-0.05, 0) is 143 Å². The molecule has 5 rings (SSSR count). The summed E-state index contributed by atoms with van der Waals surface area (Å²) in [6, 6.07) is 21.4. The number of hydrogen-bond donors (Lipinski definition) is 2. The minimum absolute atomic E-state index is 0.0171. The first-order valence-electron chi connectivity index (χ1n) is 21.0. The summed E-state index contributed by atoms with van der Waals surface area (Å²) in [5, 5.41) is 11.5. The molecule has 2 saturated carbocycles. The zero-order valence-corrected chi connectivity index (χ0v) is 35.9. The second-order valence-corrected chi connectivity index (χ2v) is 14.7. The summed E-state index contributed by atoms with van der Waals surface area (Å²) >= 11 is 0. The Balaban J connectivity index is 0.000000630. The van der Waals surface area contributed by atoms with Gasteiger partial charge in [0.1, 0.15) is 23.9 Å². The van der Waals surface area contributed by atoms with Gasteiger partial charge in [-0.2, -0.15) is 0 Å². The average molecular weight is 786 g/mol. The van der Waals surface area contributed by atoms with E-state index in [2.05, 4.69) is 75.6 Å². The van der Waals surface area contributed by atoms with Crippen molar-refractivity contribution in [3.05, 3.63) is 108 Å². The number of aryl methyl sites for hydroxylation is 2. The zero-order valence-electron chi connectivity index (χ0n) is 35.9. The second-order valence-electron chi connectivity index (χ2n) is 14.7. The average Bonchev–Trinajstić information content (AvgIpc) is 3.24. The van der Waals surface area contributed by atoms with Crippen molar-refractivity contribution in [3.63, 3.8) is 0 Å². The van der Waals surface area contributed by atoms with E-state index in [0.717, 1.165) is 17.2 Å². The van der Waals surface area contributed by atoms with Gasteiger partial charge >= 0.3 is 11.9 Å². The molecule has 0 saturated heterocycles. The summed E-state index contributed by atoms with van der Waals surface area (Å²) in [7, 11) is 1.85. The van der Waals surface area contributed by atoms with E-state index in [-0.39, 0.29) is 37.0 Å². The smallest absolute Gasteiger partial charge is 0.314 e.